The standard InChI is InChI=1S/C17H19NO4S/c1-12(14-5-9-16(10-6-14)23(2,21)22)18-17(20)11-13-3-7-15(19)8-4-13/h3-10,12,19H,11H2,1-2H3,(H,18,20). The number of hydrogen-bond donors (Lipinski definition) is 2. The number of nitrogens with one attached hydrogen (secondary N) is 1. The zero-order chi connectivity index (χ0) is 17.0. The van der Waals surface area contributed by atoms with Gasteiger partial charge in [-0.05, 0) is 42.3 Å². The second-order valence-corrected chi connectivity index (χ2v) is 7.49. The molecule has 23 heavy (non-hydrogen) atoms. The molecule has 0 aromatic heterocycles. The van der Waals surface area contributed by atoms with Gasteiger partial charge in [-0.25, -0.2) is 8.42 Å². The Morgan fingerprint density at radius 1 is 1.09 bits per heavy atom. The van der Waals surface area contributed by atoms with Gasteiger partial charge >= 0.3 is 0 Å². The van der Waals surface area contributed by atoms with Crippen LogP contribution in [-0.4, -0.2) is 25.7 Å². The molecule has 5 nitrogen and oxygen atoms in total. The van der Waals surface area contributed by atoms with E-state index in [4.69, 9.17) is 0 Å². The molecule has 1 unspecified atom stereocenters. The first-order valence-electron chi connectivity index (χ1n) is 7.13. The number of sulfone groups is 1. The van der Waals surface area contributed by atoms with Gasteiger partial charge < -0.3 is 10.4 Å². The molecule has 2 aromatic rings. The lowest BCUT2D eigenvalue weighted by Crippen LogP contribution is -2.28. The molecule has 2 N–H and O–H groups in total. The molecule has 0 heterocycles. The van der Waals surface area contributed by atoms with Gasteiger partial charge in [0.15, 0.2) is 9.84 Å². The fourth-order valence-corrected chi connectivity index (χ4v) is 2.81. The molecule has 0 aliphatic heterocycles. The summed E-state index contributed by atoms with van der Waals surface area (Å²) in [4.78, 5) is 12.3. The Bertz CT molecular complexity index is 780. The summed E-state index contributed by atoms with van der Waals surface area (Å²) in [6.07, 6.45) is 1.37. The van der Waals surface area contributed by atoms with Crippen LogP contribution in [0.15, 0.2) is 53.4 Å². The van der Waals surface area contributed by atoms with Crippen LogP contribution in [0.5, 0.6) is 5.75 Å². The quantitative estimate of drug-likeness (QED) is 0.879. The molecule has 0 aliphatic rings. The van der Waals surface area contributed by atoms with Crippen LogP contribution in [0.1, 0.15) is 24.1 Å². The number of carbonyl (C=O) groups is 1. The second kappa shape index (κ2) is 6.83. The molecule has 0 aliphatic carbocycles. The lowest BCUT2D eigenvalue weighted by Gasteiger charge is -2.15. The van der Waals surface area contributed by atoms with Crippen molar-refractivity contribution in [1.82, 2.24) is 5.32 Å². The Morgan fingerprint density at radius 3 is 2.17 bits per heavy atom. The van der Waals surface area contributed by atoms with Crippen LogP contribution in [-0.2, 0) is 21.1 Å². The van der Waals surface area contributed by atoms with E-state index in [0.29, 0.717) is 0 Å². The van der Waals surface area contributed by atoms with Crippen LogP contribution in [0.3, 0.4) is 0 Å². The zero-order valence-electron chi connectivity index (χ0n) is 13.0. The molecule has 0 saturated heterocycles. The maximum Gasteiger partial charge on any atom is 0.224 e. The van der Waals surface area contributed by atoms with Crippen LogP contribution < -0.4 is 5.32 Å². The maximum atomic E-state index is 12.0. The van der Waals surface area contributed by atoms with Crippen LogP contribution in [0.4, 0.5) is 0 Å². The van der Waals surface area contributed by atoms with E-state index in [2.05, 4.69) is 5.32 Å². The van der Waals surface area contributed by atoms with E-state index in [1.165, 1.54) is 24.3 Å². The molecule has 0 fully saturated rings. The van der Waals surface area contributed by atoms with Crippen molar-refractivity contribution in [3.05, 3.63) is 59.7 Å². The Hall–Kier alpha value is -2.34. The zero-order valence-corrected chi connectivity index (χ0v) is 13.8. The van der Waals surface area contributed by atoms with Gasteiger partial charge in [0.2, 0.25) is 5.91 Å². The number of benzene rings is 2. The van der Waals surface area contributed by atoms with E-state index in [0.717, 1.165) is 17.4 Å². The highest BCUT2D eigenvalue weighted by molar-refractivity contribution is 7.90. The van der Waals surface area contributed by atoms with E-state index < -0.39 is 9.84 Å². The lowest BCUT2D eigenvalue weighted by molar-refractivity contribution is -0.121. The summed E-state index contributed by atoms with van der Waals surface area (Å²) in [7, 11) is -3.22. The number of hydrogen-bond acceptors (Lipinski definition) is 4. The van der Waals surface area contributed by atoms with Gasteiger partial charge in [-0.1, -0.05) is 24.3 Å². The Kier molecular flexibility index (Phi) is 5.05. The first-order chi connectivity index (χ1) is 10.8. The number of amides is 1. The second-order valence-electron chi connectivity index (χ2n) is 5.47. The molecule has 122 valence electrons. The molecular weight excluding hydrogens is 314 g/mol. The number of phenolic OH excluding ortho intramolecular Hbond substituents is 1. The molecule has 0 bridgehead atoms. The van der Waals surface area contributed by atoms with Crippen molar-refractivity contribution in [2.24, 2.45) is 0 Å². The van der Waals surface area contributed by atoms with Crippen LogP contribution in [0.25, 0.3) is 0 Å². The fourth-order valence-electron chi connectivity index (χ4n) is 2.18. The molecule has 2 rings (SSSR count). The first-order valence-corrected chi connectivity index (χ1v) is 9.02. The third kappa shape index (κ3) is 4.82. The van der Waals surface area contributed by atoms with Crippen LogP contribution >= 0.6 is 0 Å². The minimum atomic E-state index is -3.22. The van der Waals surface area contributed by atoms with E-state index in [1.807, 2.05) is 6.92 Å². The Labute approximate surface area is 135 Å². The molecule has 0 spiro atoms. The van der Waals surface area contributed by atoms with Crippen molar-refractivity contribution >= 4 is 15.7 Å². The largest absolute Gasteiger partial charge is 0.508 e. The van der Waals surface area contributed by atoms with Crippen molar-refractivity contribution in [2.45, 2.75) is 24.3 Å². The summed E-state index contributed by atoms with van der Waals surface area (Å²) < 4.78 is 22.9. The Balaban J connectivity index is 1.99. The normalized spacial score (nSPS) is 12.6. The third-order valence-electron chi connectivity index (χ3n) is 3.49. The van der Waals surface area contributed by atoms with Crippen molar-refractivity contribution < 1.29 is 18.3 Å². The maximum absolute atomic E-state index is 12.0. The summed E-state index contributed by atoms with van der Waals surface area (Å²) in [5, 5.41) is 12.1. The average Bonchev–Trinajstić information content (AvgIpc) is 2.49. The minimum Gasteiger partial charge on any atom is -0.508 e. The van der Waals surface area contributed by atoms with Gasteiger partial charge in [0.25, 0.3) is 0 Å². The number of phenols is 1. The fraction of sp³-hybridized carbons (Fsp3) is 0.235. The summed E-state index contributed by atoms with van der Waals surface area (Å²) in [5.41, 5.74) is 1.64. The molecule has 1 amide bonds. The number of carbonyl (C=O) groups excluding carboxylic acids is 1. The van der Waals surface area contributed by atoms with Gasteiger partial charge in [-0.3, -0.25) is 4.79 Å². The van der Waals surface area contributed by atoms with Gasteiger partial charge in [0, 0.05) is 6.26 Å². The molecule has 0 radical (unpaired) electrons. The smallest absolute Gasteiger partial charge is 0.224 e. The van der Waals surface area contributed by atoms with E-state index in [-0.39, 0.29) is 29.0 Å². The van der Waals surface area contributed by atoms with Crippen molar-refractivity contribution in [1.29, 1.82) is 0 Å². The summed E-state index contributed by atoms with van der Waals surface area (Å²) in [6.45, 7) is 1.84. The molecule has 2 aromatic carbocycles. The molecule has 0 saturated carbocycles. The summed E-state index contributed by atoms with van der Waals surface area (Å²) in [6, 6.07) is 12.7. The Morgan fingerprint density at radius 2 is 1.65 bits per heavy atom. The van der Waals surface area contributed by atoms with Gasteiger partial charge in [-0.15, -0.1) is 0 Å². The predicted molar refractivity (Wildman–Crippen MR) is 87.9 cm³/mol. The minimum absolute atomic E-state index is 0.143. The van der Waals surface area contributed by atoms with E-state index >= 15 is 0 Å². The van der Waals surface area contributed by atoms with Crippen molar-refractivity contribution in [2.75, 3.05) is 6.26 Å². The summed E-state index contributed by atoms with van der Waals surface area (Å²) >= 11 is 0. The van der Waals surface area contributed by atoms with Crippen LogP contribution in [0, 0.1) is 0 Å². The van der Waals surface area contributed by atoms with Crippen molar-refractivity contribution in [3.63, 3.8) is 0 Å². The third-order valence-corrected chi connectivity index (χ3v) is 4.62. The van der Waals surface area contributed by atoms with Gasteiger partial charge in [-0.2, -0.15) is 0 Å². The lowest BCUT2D eigenvalue weighted by atomic mass is 10.1. The topological polar surface area (TPSA) is 83.5 Å². The monoisotopic (exact) mass is 333 g/mol. The van der Waals surface area contributed by atoms with Gasteiger partial charge in [0.05, 0.1) is 17.4 Å². The van der Waals surface area contributed by atoms with E-state index in [9.17, 15) is 18.3 Å². The van der Waals surface area contributed by atoms with E-state index in [1.54, 1.807) is 24.3 Å². The average molecular weight is 333 g/mol. The highest BCUT2D eigenvalue weighted by Gasteiger charge is 2.12. The SMILES string of the molecule is CC(NC(=O)Cc1ccc(O)cc1)c1ccc(S(C)(=O)=O)cc1. The summed E-state index contributed by atoms with van der Waals surface area (Å²) in [5.74, 6) is 0.0175. The molecule has 6 heteroatoms. The predicted octanol–water partition coefficient (Wildman–Crippen LogP) is 2.22. The molecular formula is C17H19NO4S. The highest BCUT2D eigenvalue weighted by Crippen LogP contribution is 2.17. The van der Waals surface area contributed by atoms with Crippen molar-refractivity contribution in [3.8, 4) is 5.75 Å². The van der Waals surface area contributed by atoms with Crippen LogP contribution in [0.2, 0.25) is 0 Å². The number of rotatable bonds is 5. The number of aromatic hydroxyl groups is 1. The van der Waals surface area contributed by atoms with Gasteiger partial charge in [0.1, 0.15) is 5.75 Å². The highest BCUT2D eigenvalue weighted by atomic mass is 32.2. The molecule has 1 atom stereocenters. The first kappa shape index (κ1) is 17.0.